The molecule has 150 valence electrons. The third-order valence-corrected chi connectivity index (χ3v) is 9.09. The number of hydrogen-bond acceptors (Lipinski definition) is 6. The van der Waals surface area contributed by atoms with Gasteiger partial charge in [-0.3, -0.25) is 9.35 Å². The molecule has 3 aliphatic heterocycles. The highest BCUT2D eigenvalue weighted by atomic mass is 32.2. The van der Waals surface area contributed by atoms with Gasteiger partial charge in [0.05, 0.1) is 16.8 Å². The molecule has 0 radical (unpaired) electrons. The van der Waals surface area contributed by atoms with Gasteiger partial charge in [-0.25, -0.2) is 0 Å². The Morgan fingerprint density at radius 3 is 2.12 bits per heavy atom. The van der Waals surface area contributed by atoms with Gasteiger partial charge in [-0.1, -0.05) is 13.8 Å². The number of hydrogen-bond donors (Lipinski definition) is 3. The summed E-state index contributed by atoms with van der Waals surface area (Å²) in [6.07, 6.45) is 4.30. The summed E-state index contributed by atoms with van der Waals surface area (Å²) in [6.45, 7) is 7.10. The maximum atomic E-state index is 11.9. The Bertz CT molecular complexity index is 671. The molecule has 2 N–H and O–H groups in total. The molecular weight excluding hydrogens is 374 g/mol. The molecule has 5 rings (SSSR count). The Balaban J connectivity index is 0.000000158. The van der Waals surface area contributed by atoms with Crippen LogP contribution in [0.4, 0.5) is 0 Å². The lowest BCUT2D eigenvalue weighted by Gasteiger charge is -2.49. The largest absolute Gasteiger partial charge is 0.387 e. The first kappa shape index (κ1) is 20.6. The second-order valence-corrected chi connectivity index (χ2v) is 11.0. The van der Waals surface area contributed by atoms with Gasteiger partial charge in [-0.05, 0) is 56.0 Å². The van der Waals surface area contributed by atoms with E-state index in [9.17, 15) is 18.3 Å². The molecule has 6 nitrogen and oxygen atoms in total. The van der Waals surface area contributed by atoms with E-state index >= 15 is 0 Å². The van der Waals surface area contributed by atoms with Crippen molar-refractivity contribution in [2.75, 3.05) is 31.1 Å². The van der Waals surface area contributed by atoms with Crippen LogP contribution in [0.3, 0.4) is 0 Å². The van der Waals surface area contributed by atoms with E-state index in [-0.39, 0.29) is 17.1 Å². The topological polar surface area (TPSA) is 94.9 Å². The Labute approximate surface area is 161 Å². The third kappa shape index (κ3) is 3.36. The van der Waals surface area contributed by atoms with Gasteiger partial charge in [0.15, 0.2) is 0 Å². The fourth-order valence-electron chi connectivity index (χ4n) is 5.74. The van der Waals surface area contributed by atoms with E-state index in [1.54, 1.807) is 0 Å². The molecule has 0 aromatic heterocycles. The first-order valence-corrected chi connectivity index (χ1v) is 11.7. The molecule has 3 unspecified atom stereocenters. The van der Waals surface area contributed by atoms with Crippen molar-refractivity contribution in [2.45, 2.75) is 51.6 Å². The summed E-state index contributed by atoms with van der Waals surface area (Å²) < 4.78 is 31.0. The predicted octanol–water partition coefficient (Wildman–Crippen LogP) is 1.64. The Kier molecular flexibility index (Phi) is 5.32. The van der Waals surface area contributed by atoms with E-state index < -0.39 is 26.9 Å². The van der Waals surface area contributed by atoms with Crippen molar-refractivity contribution in [3.63, 3.8) is 0 Å². The molecular formula is C18H31NO5S2. The third-order valence-electron chi connectivity index (χ3n) is 7.69. The van der Waals surface area contributed by atoms with Crippen LogP contribution in [0.25, 0.3) is 0 Å². The van der Waals surface area contributed by atoms with Crippen molar-refractivity contribution in [3.8, 4) is 0 Å². The molecule has 2 saturated carbocycles. The van der Waals surface area contributed by atoms with E-state index in [0.29, 0.717) is 24.5 Å². The standard InChI is InChI=1S/C10H16O4S.C8H15NOS/c1-9(2)7-3-4-10(9,8(11)5-7)6-15(12,13)14;10-8(6-11)5-9-3-1-7(8)2-4-9/h7H,3-6H2,1-2H3,(H,12,13,14);7,10-11H,1-6H2. The molecule has 3 saturated heterocycles. The summed E-state index contributed by atoms with van der Waals surface area (Å²) >= 11 is 4.21. The van der Waals surface area contributed by atoms with Crippen LogP contribution in [0.15, 0.2) is 0 Å². The number of Topliss-reactive ketones (excluding diaryl/α,β-unsaturated/α-hetero) is 1. The summed E-state index contributed by atoms with van der Waals surface area (Å²) in [5.74, 6) is 1.04. The number of ketones is 1. The highest BCUT2D eigenvalue weighted by Gasteiger charge is 2.65. The fourth-order valence-corrected chi connectivity index (χ4v) is 7.40. The molecule has 8 heteroatoms. The van der Waals surface area contributed by atoms with Gasteiger partial charge in [-0.15, -0.1) is 0 Å². The average molecular weight is 406 g/mol. The number of piperidine rings is 3. The molecule has 0 aromatic carbocycles. The SMILES string of the molecule is CC1(C)C2CCC1(CS(=O)(=O)O)C(=O)C2.OC1(CS)CN2CCC1CC2. The molecule has 5 fully saturated rings. The van der Waals surface area contributed by atoms with Gasteiger partial charge in [0.25, 0.3) is 10.1 Å². The minimum absolute atomic E-state index is 0.0152. The summed E-state index contributed by atoms with van der Waals surface area (Å²) in [5.41, 5.74) is -1.59. The van der Waals surface area contributed by atoms with Crippen molar-refractivity contribution in [2.24, 2.45) is 22.7 Å². The van der Waals surface area contributed by atoms with Crippen LogP contribution in [-0.4, -0.2) is 65.5 Å². The van der Waals surface area contributed by atoms with Crippen molar-refractivity contribution < 1.29 is 22.9 Å². The number of aliphatic hydroxyl groups is 1. The van der Waals surface area contributed by atoms with E-state index in [1.165, 1.54) is 13.1 Å². The number of carbonyl (C=O) groups excluding carboxylic acids is 1. The van der Waals surface area contributed by atoms with Gasteiger partial charge in [0, 0.05) is 18.7 Å². The molecule has 2 aliphatic carbocycles. The zero-order valence-electron chi connectivity index (χ0n) is 15.6. The number of rotatable bonds is 3. The maximum absolute atomic E-state index is 11.9. The average Bonchev–Trinajstić information content (AvgIpc) is 2.89. The van der Waals surface area contributed by atoms with Crippen LogP contribution in [0.2, 0.25) is 0 Å². The van der Waals surface area contributed by atoms with Gasteiger partial charge >= 0.3 is 0 Å². The lowest BCUT2D eigenvalue weighted by Crippen LogP contribution is -2.60. The fraction of sp³-hybridized carbons (Fsp3) is 0.944. The van der Waals surface area contributed by atoms with Crippen LogP contribution < -0.4 is 0 Å². The van der Waals surface area contributed by atoms with E-state index in [1.807, 2.05) is 13.8 Å². The molecule has 0 aromatic rings. The summed E-state index contributed by atoms with van der Waals surface area (Å²) in [4.78, 5) is 14.2. The van der Waals surface area contributed by atoms with Crippen molar-refractivity contribution in [3.05, 3.63) is 0 Å². The number of carbonyl (C=O) groups is 1. The summed E-state index contributed by atoms with van der Waals surface area (Å²) in [5, 5.41) is 10.1. The predicted molar refractivity (Wildman–Crippen MR) is 103 cm³/mol. The van der Waals surface area contributed by atoms with Crippen molar-refractivity contribution in [1.82, 2.24) is 4.90 Å². The number of thiol groups is 1. The Hall–Kier alpha value is -0.150. The Morgan fingerprint density at radius 1 is 1.19 bits per heavy atom. The second kappa shape index (κ2) is 6.72. The van der Waals surface area contributed by atoms with Crippen LogP contribution in [0.5, 0.6) is 0 Å². The lowest BCUT2D eigenvalue weighted by molar-refractivity contribution is -0.128. The molecule has 26 heavy (non-hydrogen) atoms. The molecule has 5 aliphatic rings. The summed E-state index contributed by atoms with van der Waals surface area (Å²) in [7, 11) is -4.08. The molecule has 4 bridgehead atoms. The minimum Gasteiger partial charge on any atom is -0.387 e. The molecule has 3 heterocycles. The van der Waals surface area contributed by atoms with Gasteiger partial charge in [0.1, 0.15) is 5.78 Å². The van der Waals surface area contributed by atoms with Gasteiger partial charge < -0.3 is 10.0 Å². The highest BCUT2D eigenvalue weighted by molar-refractivity contribution is 7.85. The van der Waals surface area contributed by atoms with Gasteiger partial charge in [0.2, 0.25) is 0 Å². The van der Waals surface area contributed by atoms with Crippen LogP contribution in [0, 0.1) is 22.7 Å². The van der Waals surface area contributed by atoms with Crippen LogP contribution >= 0.6 is 12.6 Å². The monoisotopic (exact) mass is 405 g/mol. The van der Waals surface area contributed by atoms with Crippen LogP contribution in [-0.2, 0) is 14.9 Å². The second-order valence-electron chi connectivity index (χ2n) is 9.21. The molecule has 0 amide bonds. The van der Waals surface area contributed by atoms with Crippen molar-refractivity contribution in [1.29, 1.82) is 0 Å². The molecule has 3 atom stereocenters. The zero-order chi connectivity index (χ0) is 19.4. The maximum Gasteiger partial charge on any atom is 0.265 e. The first-order chi connectivity index (χ1) is 11.9. The van der Waals surface area contributed by atoms with Crippen molar-refractivity contribution >= 4 is 28.5 Å². The highest BCUT2D eigenvalue weighted by Crippen LogP contribution is 2.64. The quantitative estimate of drug-likeness (QED) is 0.488. The molecule has 0 spiro atoms. The van der Waals surface area contributed by atoms with E-state index in [4.69, 9.17) is 4.55 Å². The summed E-state index contributed by atoms with van der Waals surface area (Å²) in [6, 6.07) is 0. The Morgan fingerprint density at radius 2 is 1.81 bits per heavy atom. The first-order valence-electron chi connectivity index (χ1n) is 9.48. The van der Waals surface area contributed by atoms with Gasteiger partial charge in [-0.2, -0.15) is 21.0 Å². The van der Waals surface area contributed by atoms with E-state index in [0.717, 1.165) is 25.8 Å². The number of fused-ring (bicyclic) bond motifs is 5. The van der Waals surface area contributed by atoms with E-state index in [2.05, 4.69) is 17.5 Å². The minimum atomic E-state index is -4.08. The lowest BCUT2D eigenvalue weighted by atomic mass is 9.70. The van der Waals surface area contributed by atoms with Crippen LogP contribution in [0.1, 0.15) is 46.0 Å². The zero-order valence-corrected chi connectivity index (χ0v) is 17.4. The number of nitrogens with zero attached hydrogens (tertiary/aromatic N) is 1. The normalized spacial score (nSPS) is 43.3. The smallest absolute Gasteiger partial charge is 0.265 e.